The highest BCUT2D eigenvalue weighted by Crippen LogP contribution is 2.56. The second-order valence-corrected chi connectivity index (χ2v) is 6.28. The van der Waals surface area contributed by atoms with Crippen LogP contribution in [-0.2, 0) is 0 Å². The van der Waals surface area contributed by atoms with E-state index in [0.717, 1.165) is 0 Å². The van der Waals surface area contributed by atoms with E-state index in [0.29, 0.717) is 12.8 Å². The van der Waals surface area contributed by atoms with E-state index in [1.807, 2.05) is 0 Å². The molecule has 19 heavy (non-hydrogen) atoms. The van der Waals surface area contributed by atoms with Gasteiger partial charge in [-0.15, -0.1) is 0 Å². The molecule has 4 atom stereocenters. The van der Waals surface area contributed by atoms with Crippen molar-refractivity contribution in [2.24, 2.45) is 17.8 Å². The minimum absolute atomic E-state index is 0.0612. The topological polar surface area (TPSA) is 20.2 Å². The van der Waals surface area contributed by atoms with Gasteiger partial charge in [0.05, 0.1) is 0 Å². The lowest BCUT2D eigenvalue weighted by Gasteiger charge is -2.37. The maximum absolute atomic E-state index is 12.6. The molecule has 4 unspecified atom stereocenters. The lowest BCUT2D eigenvalue weighted by molar-refractivity contribution is -0.373. The third-order valence-corrected chi connectivity index (χ3v) is 5.09. The zero-order chi connectivity index (χ0) is 14.6. The molecule has 2 saturated carbocycles. The van der Waals surface area contributed by atoms with Gasteiger partial charge in [-0.05, 0) is 43.4 Å². The minimum Gasteiger partial charge on any atom is -0.374 e. The minimum atomic E-state index is -5.70. The Morgan fingerprint density at radius 2 is 1.42 bits per heavy atom. The van der Waals surface area contributed by atoms with Crippen LogP contribution in [0.4, 0.5) is 26.3 Å². The monoisotopic (exact) mass is 308 g/mol. The van der Waals surface area contributed by atoms with E-state index in [4.69, 9.17) is 5.11 Å². The highest BCUT2D eigenvalue weighted by atomic mass is 32.1. The molecule has 0 aliphatic heterocycles. The molecule has 0 amide bonds. The standard InChI is InChI=1S/C11H14F6OS/c12-10(13,14)9(18,11(15,16)17)4-7-2-6-1-5(7)3-8(6)19/h5-8,18-19H,1-4H2. The van der Waals surface area contributed by atoms with Crippen LogP contribution < -0.4 is 0 Å². The van der Waals surface area contributed by atoms with Crippen LogP contribution in [0.15, 0.2) is 0 Å². The second-order valence-electron chi connectivity index (χ2n) is 5.61. The van der Waals surface area contributed by atoms with Crippen molar-refractivity contribution in [2.75, 3.05) is 0 Å². The maximum Gasteiger partial charge on any atom is 0.426 e. The summed E-state index contributed by atoms with van der Waals surface area (Å²) in [6, 6.07) is 0. The average Bonchev–Trinajstić information content (AvgIpc) is 2.72. The van der Waals surface area contributed by atoms with Gasteiger partial charge in [0.2, 0.25) is 0 Å². The molecule has 0 spiro atoms. The molecular formula is C11H14F6OS. The Morgan fingerprint density at radius 3 is 1.74 bits per heavy atom. The molecule has 1 nitrogen and oxygen atoms in total. The normalized spacial score (nSPS) is 36.0. The number of aliphatic hydroxyl groups is 1. The highest BCUT2D eigenvalue weighted by Gasteiger charge is 2.71. The average molecular weight is 308 g/mol. The summed E-state index contributed by atoms with van der Waals surface area (Å²) in [6.07, 6.45) is -11.3. The summed E-state index contributed by atoms with van der Waals surface area (Å²) in [6.45, 7) is 0. The number of thiol groups is 1. The van der Waals surface area contributed by atoms with Crippen molar-refractivity contribution in [3.8, 4) is 0 Å². The van der Waals surface area contributed by atoms with E-state index >= 15 is 0 Å². The first kappa shape index (κ1) is 15.3. The molecule has 0 heterocycles. The molecule has 0 aromatic rings. The Bertz CT molecular complexity index is 336. The summed E-state index contributed by atoms with van der Waals surface area (Å²) >= 11 is 4.26. The smallest absolute Gasteiger partial charge is 0.374 e. The Kier molecular flexibility index (Phi) is 3.57. The van der Waals surface area contributed by atoms with Gasteiger partial charge in [0, 0.05) is 5.25 Å². The number of fused-ring (bicyclic) bond motifs is 2. The van der Waals surface area contributed by atoms with Crippen molar-refractivity contribution in [1.29, 1.82) is 0 Å². The van der Waals surface area contributed by atoms with Crippen molar-refractivity contribution < 1.29 is 31.4 Å². The summed E-state index contributed by atoms with van der Waals surface area (Å²) in [5.41, 5.74) is -4.60. The van der Waals surface area contributed by atoms with Gasteiger partial charge in [0.15, 0.2) is 0 Å². The molecular weight excluding hydrogens is 294 g/mol. The molecule has 2 aliphatic carbocycles. The van der Waals surface area contributed by atoms with Crippen LogP contribution in [0.3, 0.4) is 0 Å². The van der Waals surface area contributed by atoms with Crippen molar-refractivity contribution in [2.45, 2.75) is 48.9 Å². The predicted octanol–water partition coefficient (Wildman–Crippen LogP) is 3.58. The van der Waals surface area contributed by atoms with Gasteiger partial charge >= 0.3 is 12.4 Å². The first-order valence-electron chi connectivity index (χ1n) is 5.99. The summed E-state index contributed by atoms with van der Waals surface area (Å²) in [5.74, 6) is -0.852. The number of alkyl halides is 6. The Balaban J connectivity index is 2.16. The summed E-state index contributed by atoms with van der Waals surface area (Å²) in [4.78, 5) is 0. The quantitative estimate of drug-likeness (QED) is 0.590. The van der Waals surface area contributed by atoms with E-state index < -0.39 is 30.3 Å². The van der Waals surface area contributed by atoms with E-state index in [1.54, 1.807) is 0 Å². The van der Waals surface area contributed by atoms with Crippen LogP contribution in [0.1, 0.15) is 25.7 Å². The van der Waals surface area contributed by atoms with Gasteiger partial charge in [-0.2, -0.15) is 39.0 Å². The zero-order valence-corrected chi connectivity index (χ0v) is 10.7. The molecule has 0 radical (unpaired) electrons. The molecule has 0 aromatic heterocycles. The molecule has 8 heteroatoms. The van der Waals surface area contributed by atoms with Crippen LogP contribution >= 0.6 is 12.6 Å². The van der Waals surface area contributed by atoms with Gasteiger partial charge in [-0.1, -0.05) is 0 Å². The SMILES string of the molecule is OC(CC1CC2CC1CC2S)(C(F)(F)F)C(F)(F)F. The van der Waals surface area contributed by atoms with Crippen molar-refractivity contribution in [3.05, 3.63) is 0 Å². The zero-order valence-electron chi connectivity index (χ0n) is 9.80. The van der Waals surface area contributed by atoms with Gasteiger partial charge in [-0.3, -0.25) is 0 Å². The Labute approximate surface area is 111 Å². The van der Waals surface area contributed by atoms with Gasteiger partial charge < -0.3 is 5.11 Å². The fourth-order valence-electron chi connectivity index (χ4n) is 3.39. The number of halogens is 6. The van der Waals surface area contributed by atoms with Crippen molar-refractivity contribution in [1.82, 2.24) is 0 Å². The molecule has 112 valence electrons. The molecule has 2 bridgehead atoms. The molecule has 2 fully saturated rings. The van der Waals surface area contributed by atoms with Gasteiger partial charge in [0.1, 0.15) is 0 Å². The van der Waals surface area contributed by atoms with Gasteiger partial charge in [-0.25, -0.2) is 0 Å². The number of hydrogen-bond acceptors (Lipinski definition) is 2. The Hall–Kier alpha value is -0.110. The molecule has 2 aliphatic rings. The van der Waals surface area contributed by atoms with Crippen LogP contribution in [0.2, 0.25) is 0 Å². The number of hydrogen-bond donors (Lipinski definition) is 2. The maximum atomic E-state index is 12.6. The summed E-state index contributed by atoms with van der Waals surface area (Å²) in [5, 5.41) is 9.23. The lowest BCUT2D eigenvalue weighted by atomic mass is 9.79. The molecule has 2 rings (SSSR count). The third-order valence-electron chi connectivity index (χ3n) is 4.46. The number of rotatable bonds is 2. The van der Waals surface area contributed by atoms with Crippen LogP contribution in [0.5, 0.6) is 0 Å². The van der Waals surface area contributed by atoms with E-state index in [1.165, 1.54) is 0 Å². The van der Waals surface area contributed by atoms with E-state index in [-0.39, 0.29) is 23.5 Å². The first-order valence-corrected chi connectivity index (χ1v) is 6.51. The highest BCUT2D eigenvalue weighted by molar-refractivity contribution is 7.81. The predicted molar refractivity (Wildman–Crippen MR) is 58.8 cm³/mol. The van der Waals surface area contributed by atoms with Crippen molar-refractivity contribution >= 4 is 12.6 Å². The lowest BCUT2D eigenvalue weighted by Crippen LogP contribution is -2.58. The largest absolute Gasteiger partial charge is 0.426 e. The first-order chi connectivity index (χ1) is 8.46. The second kappa shape index (κ2) is 4.44. The fraction of sp³-hybridized carbons (Fsp3) is 1.00. The van der Waals surface area contributed by atoms with Crippen LogP contribution in [-0.4, -0.2) is 28.3 Å². The molecule has 0 saturated heterocycles. The van der Waals surface area contributed by atoms with E-state index in [2.05, 4.69) is 12.6 Å². The van der Waals surface area contributed by atoms with Crippen LogP contribution in [0, 0.1) is 17.8 Å². The summed E-state index contributed by atoms with van der Waals surface area (Å²) in [7, 11) is 0. The van der Waals surface area contributed by atoms with Gasteiger partial charge in [0.25, 0.3) is 5.60 Å². The van der Waals surface area contributed by atoms with E-state index in [9.17, 15) is 26.3 Å². The van der Waals surface area contributed by atoms with Crippen LogP contribution in [0.25, 0.3) is 0 Å². The summed E-state index contributed by atoms with van der Waals surface area (Å²) < 4.78 is 75.5. The Morgan fingerprint density at radius 1 is 0.895 bits per heavy atom. The third kappa shape index (κ3) is 2.46. The molecule has 0 aromatic carbocycles. The van der Waals surface area contributed by atoms with Crippen molar-refractivity contribution in [3.63, 3.8) is 0 Å². The molecule has 1 N–H and O–H groups in total. The fourth-order valence-corrected chi connectivity index (χ4v) is 3.90.